The number of hydrogen-bond acceptors (Lipinski definition) is 9. The average Bonchev–Trinajstić information content (AvgIpc) is 3.17. The number of nitrogen functional groups attached to an aromatic ring is 1. The number of fused-ring (bicyclic) bond motifs is 1. The number of hydrogen-bond donors (Lipinski definition) is 3. The largest absolute Gasteiger partial charge is 0.490 e. The Bertz CT molecular complexity index is 1250. The molecule has 0 bridgehead atoms. The molecular weight excluding hydrogens is 394 g/mol. The van der Waals surface area contributed by atoms with Crippen molar-refractivity contribution in [2.75, 3.05) is 12.8 Å². The van der Waals surface area contributed by atoms with Gasteiger partial charge in [-0.25, -0.2) is 15.0 Å². The van der Waals surface area contributed by atoms with Crippen LogP contribution in [0.4, 0.5) is 5.82 Å². The van der Waals surface area contributed by atoms with E-state index in [9.17, 15) is 9.59 Å². The molecule has 1 amide bonds. The maximum absolute atomic E-state index is 12.6. The highest BCUT2D eigenvalue weighted by molar-refractivity contribution is 7.17. The van der Waals surface area contributed by atoms with Crippen LogP contribution in [-0.4, -0.2) is 37.9 Å². The molecule has 4 aromatic rings. The monoisotopic (exact) mass is 409 g/mol. The number of aromatic nitrogens is 5. The maximum Gasteiger partial charge on any atom is 0.293 e. The van der Waals surface area contributed by atoms with E-state index < -0.39 is 5.56 Å². The van der Waals surface area contributed by atoms with Gasteiger partial charge in [0.05, 0.1) is 30.8 Å². The summed E-state index contributed by atoms with van der Waals surface area (Å²) in [5.74, 6) is 0.598. The number of amides is 1. The van der Waals surface area contributed by atoms with E-state index in [-0.39, 0.29) is 24.0 Å². The molecule has 0 spiro atoms. The lowest BCUT2D eigenvalue weighted by Gasteiger charge is -2.06. The fourth-order valence-corrected chi connectivity index (χ4v) is 3.59. The van der Waals surface area contributed by atoms with E-state index in [1.807, 2.05) is 6.07 Å². The summed E-state index contributed by atoms with van der Waals surface area (Å²) in [6.45, 7) is 0.0299. The Morgan fingerprint density at radius 3 is 2.90 bits per heavy atom. The van der Waals surface area contributed by atoms with Crippen molar-refractivity contribution in [2.45, 2.75) is 6.54 Å². The predicted molar refractivity (Wildman–Crippen MR) is 108 cm³/mol. The molecule has 0 aliphatic rings. The molecule has 4 rings (SSSR count). The van der Waals surface area contributed by atoms with Gasteiger partial charge in [-0.05, 0) is 12.1 Å². The minimum absolute atomic E-state index is 0.0299. The van der Waals surface area contributed by atoms with Gasteiger partial charge >= 0.3 is 0 Å². The second-order valence-corrected chi connectivity index (χ2v) is 6.75. The van der Waals surface area contributed by atoms with E-state index in [2.05, 4.69) is 30.2 Å². The first-order valence-corrected chi connectivity index (χ1v) is 9.31. The van der Waals surface area contributed by atoms with Gasteiger partial charge in [0, 0.05) is 11.6 Å². The number of thiophene rings is 1. The van der Waals surface area contributed by atoms with Gasteiger partial charge in [-0.15, -0.1) is 11.3 Å². The summed E-state index contributed by atoms with van der Waals surface area (Å²) in [7, 11) is 1.38. The SMILES string of the molecule is COc1cnc(CNC(=O)c2csc3nc(-c4ccccn4)nc(N)c23)[nH]c1=O. The summed E-state index contributed by atoms with van der Waals surface area (Å²) in [5, 5.41) is 4.84. The molecule has 0 unspecified atom stereocenters. The van der Waals surface area contributed by atoms with Gasteiger partial charge in [-0.1, -0.05) is 6.07 Å². The molecule has 4 N–H and O–H groups in total. The molecule has 10 nitrogen and oxygen atoms in total. The topological polar surface area (TPSA) is 149 Å². The first-order chi connectivity index (χ1) is 14.1. The van der Waals surface area contributed by atoms with Crippen LogP contribution in [0.15, 0.2) is 40.8 Å². The zero-order valence-electron chi connectivity index (χ0n) is 15.2. The lowest BCUT2D eigenvalue weighted by molar-refractivity contribution is 0.0952. The third-order valence-corrected chi connectivity index (χ3v) is 4.93. The molecular formula is C18H15N7O3S. The van der Waals surface area contributed by atoms with Crippen LogP contribution < -0.4 is 21.3 Å². The van der Waals surface area contributed by atoms with Gasteiger partial charge in [-0.2, -0.15) is 0 Å². The van der Waals surface area contributed by atoms with E-state index in [0.717, 1.165) is 0 Å². The number of anilines is 1. The van der Waals surface area contributed by atoms with Crippen molar-refractivity contribution in [3.63, 3.8) is 0 Å². The molecule has 29 heavy (non-hydrogen) atoms. The Kier molecular flexibility index (Phi) is 4.87. The minimum Gasteiger partial charge on any atom is -0.490 e. The molecule has 0 aliphatic carbocycles. The first-order valence-electron chi connectivity index (χ1n) is 8.43. The fraction of sp³-hybridized carbons (Fsp3) is 0.111. The number of rotatable bonds is 5. The zero-order valence-corrected chi connectivity index (χ0v) is 16.0. The second kappa shape index (κ2) is 7.64. The van der Waals surface area contributed by atoms with Gasteiger partial charge in [0.2, 0.25) is 5.75 Å². The Balaban J connectivity index is 1.58. The number of carbonyl (C=O) groups is 1. The standard InChI is InChI=1S/C18H15N7O3S/c1-28-11-6-21-12(23-17(11)27)7-22-16(26)9-8-29-18-13(9)14(19)24-15(25-18)10-4-2-3-5-20-10/h2-6,8H,7H2,1H3,(H,22,26)(H2,19,24,25)(H,21,23,27). The number of pyridine rings is 1. The molecule has 0 atom stereocenters. The second-order valence-electron chi connectivity index (χ2n) is 5.89. The highest BCUT2D eigenvalue weighted by Gasteiger charge is 2.18. The molecule has 4 heterocycles. The summed E-state index contributed by atoms with van der Waals surface area (Å²) in [6.07, 6.45) is 2.94. The van der Waals surface area contributed by atoms with Crippen molar-refractivity contribution >= 4 is 33.3 Å². The molecule has 146 valence electrons. The number of H-pyrrole nitrogens is 1. The van der Waals surface area contributed by atoms with Crippen LogP contribution in [0.25, 0.3) is 21.7 Å². The number of methoxy groups -OCH3 is 1. The van der Waals surface area contributed by atoms with Crippen molar-refractivity contribution < 1.29 is 9.53 Å². The van der Waals surface area contributed by atoms with Crippen LogP contribution in [0.5, 0.6) is 5.75 Å². The highest BCUT2D eigenvalue weighted by Crippen LogP contribution is 2.30. The molecule has 4 aromatic heterocycles. The summed E-state index contributed by atoms with van der Waals surface area (Å²) in [5.41, 5.74) is 6.63. The highest BCUT2D eigenvalue weighted by atomic mass is 32.1. The molecule has 11 heteroatoms. The maximum atomic E-state index is 12.6. The smallest absolute Gasteiger partial charge is 0.293 e. The number of nitrogens with one attached hydrogen (secondary N) is 2. The third-order valence-electron chi connectivity index (χ3n) is 4.06. The van der Waals surface area contributed by atoms with Gasteiger partial charge in [0.15, 0.2) is 5.82 Å². The van der Waals surface area contributed by atoms with Gasteiger partial charge < -0.3 is 20.8 Å². The molecule has 0 saturated heterocycles. The Labute approximate surface area is 167 Å². The van der Waals surface area contributed by atoms with Crippen LogP contribution in [0, 0.1) is 0 Å². The number of ether oxygens (including phenoxy) is 1. The lowest BCUT2D eigenvalue weighted by Crippen LogP contribution is -2.25. The van der Waals surface area contributed by atoms with Gasteiger partial charge in [0.25, 0.3) is 11.5 Å². The Morgan fingerprint density at radius 1 is 1.31 bits per heavy atom. The molecule has 0 aliphatic heterocycles. The van der Waals surface area contributed by atoms with Crippen molar-refractivity contribution in [1.82, 2.24) is 30.2 Å². The number of nitrogens with two attached hydrogens (primary N) is 1. The summed E-state index contributed by atoms with van der Waals surface area (Å²) >= 11 is 1.28. The van der Waals surface area contributed by atoms with Crippen molar-refractivity contribution in [2.24, 2.45) is 0 Å². The third kappa shape index (κ3) is 3.62. The van der Waals surface area contributed by atoms with E-state index in [1.54, 1.807) is 23.7 Å². The first kappa shape index (κ1) is 18.5. The fourth-order valence-electron chi connectivity index (χ4n) is 2.66. The van der Waals surface area contributed by atoms with Crippen molar-refractivity contribution in [3.05, 3.63) is 57.7 Å². The number of nitrogens with zero attached hydrogens (tertiary/aromatic N) is 4. The van der Waals surface area contributed by atoms with Crippen LogP contribution in [0.1, 0.15) is 16.2 Å². The zero-order chi connectivity index (χ0) is 20.4. The van der Waals surface area contributed by atoms with Crippen molar-refractivity contribution in [3.8, 4) is 17.3 Å². The van der Waals surface area contributed by atoms with Crippen LogP contribution >= 0.6 is 11.3 Å². The van der Waals surface area contributed by atoms with Crippen molar-refractivity contribution in [1.29, 1.82) is 0 Å². The lowest BCUT2D eigenvalue weighted by atomic mass is 10.2. The van der Waals surface area contributed by atoms with Gasteiger partial charge in [-0.3, -0.25) is 14.6 Å². The van der Waals surface area contributed by atoms with E-state index in [0.29, 0.717) is 33.1 Å². The van der Waals surface area contributed by atoms with E-state index in [1.165, 1.54) is 24.6 Å². The Hall–Kier alpha value is -3.86. The van der Waals surface area contributed by atoms with Crippen LogP contribution in [-0.2, 0) is 6.54 Å². The average molecular weight is 409 g/mol. The van der Waals surface area contributed by atoms with Gasteiger partial charge in [0.1, 0.15) is 22.2 Å². The summed E-state index contributed by atoms with van der Waals surface area (Å²) in [6, 6.07) is 5.41. The number of carbonyl (C=O) groups excluding carboxylic acids is 1. The van der Waals surface area contributed by atoms with E-state index in [4.69, 9.17) is 10.5 Å². The molecule has 0 saturated carbocycles. The molecule has 0 radical (unpaired) electrons. The predicted octanol–water partition coefficient (Wildman–Crippen LogP) is 1.36. The van der Waals surface area contributed by atoms with E-state index >= 15 is 0 Å². The summed E-state index contributed by atoms with van der Waals surface area (Å²) < 4.78 is 4.86. The normalized spacial score (nSPS) is 10.8. The number of aromatic amines is 1. The van der Waals surface area contributed by atoms with Crippen LogP contribution in [0.2, 0.25) is 0 Å². The molecule has 0 aromatic carbocycles. The Morgan fingerprint density at radius 2 is 2.17 bits per heavy atom. The van der Waals surface area contributed by atoms with Crippen LogP contribution in [0.3, 0.4) is 0 Å². The summed E-state index contributed by atoms with van der Waals surface area (Å²) in [4.78, 5) is 44.5. The molecule has 0 fully saturated rings. The quantitative estimate of drug-likeness (QED) is 0.447. The minimum atomic E-state index is -0.424.